The van der Waals surface area contributed by atoms with Crippen molar-refractivity contribution in [1.29, 1.82) is 0 Å². The zero-order valence-corrected chi connectivity index (χ0v) is 8.20. The van der Waals surface area contributed by atoms with Crippen LogP contribution in [0.15, 0.2) is 24.3 Å². The molecule has 2 aliphatic rings. The number of nitrogens with one attached hydrogen (secondary N) is 1. The van der Waals surface area contributed by atoms with Crippen LogP contribution in [-0.2, 0) is 11.2 Å². The van der Waals surface area contributed by atoms with Gasteiger partial charge in [0.2, 0.25) is 0 Å². The van der Waals surface area contributed by atoms with Crippen LogP contribution in [0.4, 0.5) is 0 Å². The minimum atomic E-state index is 0.333. The Morgan fingerprint density at radius 3 is 3.21 bits per heavy atom. The molecule has 1 fully saturated rings. The second kappa shape index (κ2) is 3.37. The molecule has 1 aromatic carbocycles. The van der Waals surface area contributed by atoms with Gasteiger partial charge >= 0.3 is 0 Å². The van der Waals surface area contributed by atoms with Gasteiger partial charge < -0.3 is 10.1 Å². The number of rotatable bonds is 0. The summed E-state index contributed by atoms with van der Waals surface area (Å²) in [5.41, 5.74) is 2.89. The van der Waals surface area contributed by atoms with E-state index in [0.717, 1.165) is 25.9 Å². The first-order chi connectivity index (χ1) is 6.93. The van der Waals surface area contributed by atoms with Crippen LogP contribution >= 0.6 is 0 Å². The van der Waals surface area contributed by atoms with Gasteiger partial charge in [0.15, 0.2) is 0 Å². The first-order valence-electron chi connectivity index (χ1n) is 5.37. The lowest BCUT2D eigenvalue weighted by Gasteiger charge is -2.29. The molecule has 0 unspecified atom stereocenters. The van der Waals surface area contributed by atoms with Gasteiger partial charge in [0.1, 0.15) is 0 Å². The average Bonchev–Trinajstić information content (AvgIpc) is 2.41. The lowest BCUT2D eigenvalue weighted by molar-refractivity contribution is -0.0142. The molecule has 2 bridgehead atoms. The van der Waals surface area contributed by atoms with Crippen LogP contribution in [0.5, 0.6) is 0 Å². The van der Waals surface area contributed by atoms with Crippen LogP contribution in [0.3, 0.4) is 0 Å². The van der Waals surface area contributed by atoms with E-state index in [1.807, 2.05) is 0 Å². The Labute approximate surface area is 84.3 Å². The van der Waals surface area contributed by atoms with E-state index in [2.05, 4.69) is 29.6 Å². The molecule has 0 spiro atoms. The molecule has 2 atom stereocenters. The predicted octanol–water partition coefficient (Wildman–Crippen LogP) is 1.66. The summed E-state index contributed by atoms with van der Waals surface area (Å²) in [6, 6.07) is 8.69. The highest BCUT2D eigenvalue weighted by atomic mass is 16.5. The number of hydrogen-bond acceptors (Lipinski definition) is 2. The van der Waals surface area contributed by atoms with E-state index in [9.17, 15) is 0 Å². The summed E-state index contributed by atoms with van der Waals surface area (Å²) in [6.45, 7) is 2.08. The first kappa shape index (κ1) is 8.45. The van der Waals surface area contributed by atoms with Crippen molar-refractivity contribution in [2.24, 2.45) is 0 Å². The molecule has 1 aromatic rings. The Kier molecular flexibility index (Phi) is 2.03. The van der Waals surface area contributed by atoms with Crippen molar-refractivity contribution in [2.75, 3.05) is 13.1 Å². The number of fused-ring (bicyclic) bond motifs is 4. The summed E-state index contributed by atoms with van der Waals surface area (Å²) in [5, 5.41) is 3.43. The lowest BCUT2D eigenvalue weighted by atomic mass is 9.93. The average molecular weight is 189 g/mol. The summed E-state index contributed by atoms with van der Waals surface area (Å²) < 4.78 is 6.01. The van der Waals surface area contributed by atoms with Crippen molar-refractivity contribution in [1.82, 2.24) is 5.32 Å². The third-order valence-corrected chi connectivity index (χ3v) is 3.16. The predicted molar refractivity (Wildman–Crippen MR) is 55.2 cm³/mol. The van der Waals surface area contributed by atoms with Crippen molar-refractivity contribution in [2.45, 2.75) is 25.0 Å². The maximum Gasteiger partial charge on any atom is 0.0844 e. The van der Waals surface area contributed by atoms with Crippen LogP contribution in [-0.4, -0.2) is 19.2 Å². The summed E-state index contributed by atoms with van der Waals surface area (Å²) in [5.74, 6) is 0. The maximum atomic E-state index is 6.01. The highest BCUT2D eigenvalue weighted by molar-refractivity contribution is 5.32. The minimum absolute atomic E-state index is 0.333. The molecule has 0 saturated carbocycles. The largest absolute Gasteiger partial charge is 0.369 e. The Morgan fingerprint density at radius 2 is 2.21 bits per heavy atom. The Morgan fingerprint density at radius 1 is 1.29 bits per heavy atom. The highest BCUT2D eigenvalue weighted by Gasteiger charge is 2.28. The lowest BCUT2D eigenvalue weighted by Crippen LogP contribution is -2.30. The number of benzene rings is 1. The fourth-order valence-electron chi connectivity index (χ4n) is 2.47. The van der Waals surface area contributed by atoms with Gasteiger partial charge in [0.05, 0.1) is 12.2 Å². The van der Waals surface area contributed by atoms with E-state index in [1.54, 1.807) is 0 Å². The van der Waals surface area contributed by atoms with Gasteiger partial charge in [-0.3, -0.25) is 0 Å². The molecule has 0 amide bonds. The van der Waals surface area contributed by atoms with Crippen LogP contribution in [0.2, 0.25) is 0 Å². The summed E-state index contributed by atoms with van der Waals surface area (Å²) >= 11 is 0. The van der Waals surface area contributed by atoms with Gasteiger partial charge in [-0.25, -0.2) is 0 Å². The zero-order valence-electron chi connectivity index (χ0n) is 8.20. The molecule has 2 heterocycles. The van der Waals surface area contributed by atoms with Crippen molar-refractivity contribution < 1.29 is 4.74 Å². The van der Waals surface area contributed by atoms with Gasteiger partial charge in [-0.1, -0.05) is 24.3 Å². The molecule has 14 heavy (non-hydrogen) atoms. The molecule has 2 heteroatoms. The SMILES string of the molecule is c1ccc2c(c1)C[C@H]1CNCC[C@@H]2O1. The fourth-order valence-corrected chi connectivity index (χ4v) is 2.47. The Bertz CT molecular complexity index is 337. The quantitative estimate of drug-likeness (QED) is 0.670. The van der Waals surface area contributed by atoms with Gasteiger partial charge in [-0.05, 0) is 24.1 Å². The molecule has 0 aliphatic carbocycles. The molecular formula is C12H15NO. The molecule has 1 saturated heterocycles. The van der Waals surface area contributed by atoms with Gasteiger partial charge in [0, 0.05) is 13.0 Å². The molecule has 0 radical (unpaired) electrons. The van der Waals surface area contributed by atoms with Crippen LogP contribution in [0.1, 0.15) is 23.7 Å². The third kappa shape index (κ3) is 1.35. The zero-order chi connectivity index (χ0) is 9.38. The minimum Gasteiger partial charge on any atom is -0.369 e. The van der Waals surface area contributed by atoms with E-state index >= 15 is 0 Å². The molecular weight excluding hydrogens is 174 g/mol. The fraction of sp³-hybridized carbons (Fsp3) is 0.500. The molecule has 74 valence electrons. The summed E-state index contributed by atoms with van der Waals surface area (Å²) in [4.78, 5) is 0. The normalized spacial score (nSPS) is 30.6. The second-order valence-electron chi connectivity index (χ2n) is 4.14. The summed E-state index contributed by atoms with van der Waals surface area (Å²) in [6.07, 6.45) is 2.89. The third-order valence-electron chi connectivity index (χ3n) is 3.16. The van der Waals surface area contributed by atoms with Gasteiger partial charge in [-0.2, -0.15) is 0 Å². The van der Waals surface area contributed by atoms with Crippen molar-refractivity contribution >= 4 is 0 Å². The topological polar surface area (TPSA) is 21.3 Å². The van der Waals surface area contributed by atoms with Crippen LogP contribution < -0.4 is 5.32 Å². The Balaban J connectivity index is 2.01. The highest BCUT2D eigenvalue weighted by Crippen LogP contribution is 2.33. The number of ether oxygens (including phenoxy) is 1. The molecule has 0 aromatic heterocycles. The smallest absolute Gasteiger partial charge is 0.0844 e. The van der Waals surface area contributed by atoms with E-state index in [-0.39, 0.29) is 0 Å². The van der Waals surface area contributed by atoms with Crippen molar-refractivity contribution in [3.05, 3.63) is 35.4 Å². The standard InChI is InChI=1S/C12H15NO/c1-2-4-11-9(3-1)7-10-8-13-6-5-12(11)14-10/h1-4,10,12-13H,5-8H2/t10-,12-/m0/s1. The van der Waals surface area contributed by atoms with E-state index in [4.69, 9.17) is 4.74 Å². The monoisotopic (exact) mass is 189 g/mol. The molecule has 1 N–H and O–H groups in total. The number of hydrogen-bond donors (Lipinski definition) is 1. The Hall–Kier alpha value is -0.860. The van der Waals surface area contributed by atoms with E-state index in [1.165, 1.54) is 11.1 Å². The maximum absolute atomic E-state index is 6.01. The summed E-state index contributed by atoms with van der Waals surface area (Å²) in [7, 11) is 0. The van der Waals surface area contributed by atoms with Gasteiger partial charge in [0.25, 0.3) is 0 Å². The van der Waals surface area contributed by atoms with Crippen LogP contribution in [0.25, 0.3) is 0 Å². The first-order valence-corrected chi connectivity index (χ1v) is 5.37. The van der Waals surface area contributed by atoms with Gasteiger partial charge in [-0.15, -0.1) is 0 Å². The molecule has 2 aliphatic heterocycles. The molecule has 3 rings (SSSR count). The van der Waals surface area contributed by atoms with Crippen molar-refractivity contribution in [3.63, 3.8) is 0 Å². The van der Waals surface area contributed by atoms with Crippen LogP contribution in [0, 0.1) is 0 Å². The van der Waals surface area contributed by atoms with E-state index in [0.29, 0.717) is 12.2 Å². The molecule has 2 nitrogen and oxygen atoms in total. The van der Waals surface area contributed by atoms with E-state index < -0.39 is 0 Å². The van der Waals surface area contributed by atoms with Crippen molar-refractivity contribution in [3.8, 4) is 0 Å². The second-order valence-corrected chi connectivity index (χ2v) is 4.14.